The summed E-state index contributed by atoms with van der Waals surface area (Å²) >= 11 is 0. The average Bonchev–Trinajstić information content (AvgIpc) is 3.13. The topological polar surface area (TPSA) is 60.9 Å². The van der Waals surface area contributed by atoms with E-state index in [0.29, 0.717) is 11.3 Å². The molecule has 1 fully saturated rings. The van der Waals surface area contributed by atoms with E-state index in [4.69, 9.17) is 0 Å². The Balaban J connectivity index is 1.94. The van der Waals surface area contributed by atoms with Gasteiger partial charge >= 0.3 is 0 Å². The lowest BCUT2D eigenvalue weighted by Gasteiger charge is -2.27. The largest absolute Gasteiger partial charge is 0.507 e. The van der Waals surface area contributed by atoms with Crippen molar-refractivity contribution in [2.75, 3.05) is 22.9 Å². The molecule has 186 valence electrons. The monoisotopic (exact) mass is 482 g/mol. The molecule has 0 bridgehead atoms. The number of ketones is 1. The van der Waals surface area contributed by atoms with Crippen LogP contribution in [-0.4, -0.2) is 29.9 Å². The second-order valence-electron chi connectivity index (χ2n) is 9.52. The molecule has 5 nitrogen and oxygen atoms in total. The van der Waals surface area contributed by atoms with Crippen LogP contribution in [-0.2, 0) is 9.59 Å². The Morgan fingerprint density at radius 2 is 1.47 bits per heavy atom. The number of amides is 1. The zero-order chi connectivity index (χ0) is 26.1. The number of benzene rings is 3. The third kappa shape index (κ3) is 4.41. The van der Waals surface area contributed by atoms with Gasteiger partial charge in [0.1, 0.15) is 5.76 Å². The van der Waals surface area contributed by atoms with Gasteiger partial charge in [0.2, 0.25) is 0 Å². The SMILES string of the molecule is CCN(CC)c1ccc(C2/C(=C(\O)c3cc(C)ccc3C)C(=O)C(=O)N2c2ccc(C)c(C)c2)cc1. The molecule has 0 aromatic heterocycles. The maximum Gasteiger partial charge on any atom is 0.300 e. The fourth-order valence-corrected chi connectivity index (χ4v) is 4.88. The molecule has 0 saturated carbocycles. The van der Waals surface area contributed by atoms with Crippen molar-refractivity contribution < 1.29 is 14.7 Å². The van der Waals surface area contributed by atoms with E-state index in [1.165, 1.54) is 4.90 Å². The van der Waals surface area contributed by atoms with Crippen LogP contribution in [0, 0.1) is 27.7 Å². The Labute approximate surface area is 213 Å². The minimum atomic E-state index is -0.738. The number of anilines is 2. The van der Waals surface area contributed by atoms with Crippen LogP contribution in [0.2, 0.25) is 0 Å². The fourth-order valence-electron chi connectivity index (χ4n) is 4.88. The van der Waals surface area contributed by atoms with Crippen molar-refractivity contribution >= 4 is 28.8 Å². The number of nitrogens with zero attached hydrogens (tertiary/aromatic N) is 2. The highest BCUT2D eigenvalue weighted by Gasteiger charge is 2.47. The van der Waals surface area contributed by atoms with Gasteiger partial charge in [-0.2, -0.15) is 0 Å². The van der Waals surface area contributed by atoms with Gasteiger partial charge in [0, 0.05) is 30.0 Å². The van der Waals surface area contributed by atoms with Gasteiger partial charge in [-0.25, -0.2) is 0 Å². The average molecular weight is 483 g/mol. The molecular formula is C31H34N2O3. The van der Waals surface area contributed by atoms with Crippen LogP contribution in [0.3, 0.4) is 0 Å². The first-order valence-electron chi connectivity index (χ1n) is 12.5. The highest BCUT2D eigenvalue weighted by atomic mass is 16.3. The molecule has 1 saturated heterocycles. The number of aliphatic hydroxyl groups excluding tert-OH is 1. The lowest BCUT2D eigenvalue weighted by Crippen LogP contribution is -2.29. The van der Waals surface area contributed by atoms with E-state index in [1.807, 2.05) is 88.4 Å². The maximum atomic E-state index is 13.5. The molecule has 1 amide bonds. The van der Waals surface area contributed by atoms with Crippen LogP contribution in [0.15, 0.2) is 66.2 Å². The Bertz CT molecular complexity index is 1350. The molecule has 1 atom stereocenters. The minimum absolute atomic E-state index is 0.113. The zero-order valence-electron chi connectivity index (χ0n) is 21.9. The number of hydrogen-bond acceptors (Lipinski definition) is 4. The van der Waals surface area contributed by atoms with E-state index in [-0.39, 0.29) is 11.3 Å². The van der Waals surface area contributed by atoms with E-state index in [0.717, 1.165) is 46.6 Å². The lowest BCUT2D eigenvalue weighted by atomic mass is 9.93. The molecule has 4 rings (SSSR count). The number of carbonyl (C=O) groups is 2. The molecule has 5 heteroatoms. The first kappa shape index (κ1) is 25.2. The molecule has 0 spiro atoms. The number of hydrogen-bond donors (Lipinski definition) is 1. The number of Topliss-reactive ketones (excluding diaryl/α,β-unsaturated/α-hetero) is 1. The first-order valence-corrected chi connectivity index (χ1v) is 12.5. The van der Waals surface area contributed by atoms with Crippen molar-refractivity contribution in [1.82, 2.24) is 0 Å². The van der Waals surface area contributed by atoms with Crippen molar-refractivity contribution in [3.63, 3.8) is 0 Å². The van der Waals surface area contributed by atoms with Crippen LogP contribution in [0.1, 0.15) is 53.3 Å². The Morgan fingerprint density at radius 1 is 0.833 bits per heavy atom. The Kier molecular flexibility index (Phi) is 7.02. The summed E-state index contributed by atoms with van der Waals surface area (Å²) < 4.78 is 0. The van der Waals surface area contributed by atoms with Crippen molar-refractivity contribution in [1.29, 1.82) is 0 Å². The van der Waals surface area contributed by atoms with Crippen LogP contribution in [0.5, 0.6) is 0 Å². The normalized spacial score (nSPS) is 17.1. The number of aliphatic hydroxyl groups is 1. The van der Waals surface area contributed by atoms with E-state index in [2.05, 4.69) is 18.7 Å². The fraction of sp³-hybridized carbons (Fsp3) is 0.290. The van der Waals surface area contributed by atoms with Crippen molar-refractivity contribution in [3.8, 4) is 0 Å². The number of rotatable bonds is 6. The van der Waals surface area contributed by atoms with Gasteiger partial charge in [0.05, 0.1) is 11.6 Å². The van der Waals surface area contributed by atoms with E-state index < -0.39 is 17.7 Å². The predicted molar refractivity (Wildman–Crippen MR) is 147 cm³/mol. The molecular weight excluding hydrogens is 448 g/mol. The smallest absolute Gasteiger partial charge is 0.300 e. The Hall–Kier alpha value is -3.86. The summed E-state index contributed by atoms with van der Waals surface area (Å²) in [5, 5.41) is 11.5. The summed E-state index contributed by atoms with van der Waals surface area (Å²) in [5.41, 5.74) is 7.09. The molecule has 1 aliphatic rings. The van der Waals surface area contributed by atoms with Gasteiger partial charge in [-0.1, -0.05) is 35.9 Å². The van der Waals surface area contributed by atoms with Crippen LogP contribution in [0.4, 0.5) is 11.4 Å². The third-order valence-corrected chi connectivity index (χ3v) is 7.20. The summed E-state index contributed by atoms with van der Waals surface area (Å²) in [4.78, 5) is 30.7. The van der Waals surface area contributed by atoms with Gasteiger partial charge in [-0.3, -0.25) is 14.5 Å². The molecule has 36 heavy (non-hydrogen) atoms. The van der Waals surface area contributed by atoms with Crippen molar-refractivity contribution in [2.45, 2.75) is 47.6 Å². The van der Waals surface area contributed by atoms with E-state index >= 15 is 0 Å². The van der Waals surface area contributed by atoms with Gasteiger partial charge in [-0.05, 0) is 94.1 Å². The quantitative estimate of drug-likeness (QED) is 0.251. The van der Waals surface area contributed by atoms with Gasteiger partial charge in [0.15, 0.2) is 0 Å². The molecule has 1 unspecified atom stereocenters. The minimum Gasteiger partial charge on any atom is -0.507 e. The van der Waals surface area contributed by atoms with E-state index in [9.17, 15) is 14.7 Å². The Morgan fingerprint density at radius 3 is 2.08 bits per heavy atom. The molecule has 0 radical (unpaired) electrons. The van der Waals surface area contributed by atoms with Crippen molar-refractivity contribution in [2.24, 2.45) is 0 Å². The van der Waals surface area contributed by atoms with Crippen molar-refractivity contribution in [3.05, 3.63) is 99.6 Å². The summed E-state index contributed by atoms with van der Waals surface area (Å²) in [6.07, 6.45) is 0. The molecule has 1 N–H and O–H groups in total. The van der Waals surface area contributed by atoms with Crippen LogP contribution in [0.25, 0.3) is 5.76 Å². The highest BCUT2D eigenvalue weighted by molar-refractivity contribution is 6.51. The summed E-state index contributed by atoms with van der Waals surface area (Å²) in [5.74, 6) is -1.45. The number of carbonyl (C=O) groups excluding carboxylic acids is 2. The highest BCUT2D eigenvalue weighted by Crippen LogP contribution is 2.43. The maximum absolute atomic E-state index is 13.5. The second kappa shape index (κ2) is 10.0. The van der Waals surface area contributed by atoms with Gasteiger partial charge < -0.3 is 10.0 Å². The van der Waals surface area contributed by atoms with Gasteiger partial charge in [-0.15, -0.1) is 0 Å². The summed E-state index contributed by atoms with van der Waals surface area (Å²) in [6.45, 7) is 13.8. The van der Waals surface area contributed by atoms with Crippen LogP contribution < -0.4 is 9.80 Å². The van der Waals surface area contributed by atoms with E-state index in [1.54, 1.807) is 0 Å². The van der Waals surface area contributed by atoms with Crippen LogP contribution >= 0.6 is 0 Å². The first-order chi connectivity index (χ1) is 17.2. The molecule has 1 aliphatic heterocycles. The second-order valence-corrected chi connectivity index (χ2v) is 9.52. The number of aryl methyl sites for hydroxylation is 4. The molecule has 0 aliphatic carbocycles. The summed E-state index contributed by atoms with van der Waals surface area (Å²) in [7, 11) is 0. The lowest BCUT2D eigenvalue weighted by molar-refractivity contribution is -0.132. The predicted octanol–water partition coefficient (Wildman–Crippen LogP) is 6.39. The van der Waals surface area contributed by atoms with Gasteiger partial charge in [0.25, 0.3) is 11.7 Å². The standard InChI is InChI=1S/C31H34N2O3/c1-7-32(8-2)24-15-12-23(13-16-24)28-27(29(34)26-17-19(3)9-10-21(26)5)30(35)31(36)33(28)25-14-11-20(4)22(6)18-25/h9-18,28,34H,7-8H2,1-6H3/b29-27+. The molecule has 1 heterocycles. The third-order valence-electron chi connectivity index (χ3n) is 7.20. The molecule has 3 aromatic rings. The molecule has 3 aromatic carbocycles. The zero-order valence-corrected chi connectivity index (χ0v) is 21.9. The summed E-state index contributed by atoms with van der Waals surface area (Å²) in [6, 6.07) is 18.7.